The number of rotatable bonds is 4. The van der Waals surface area contributed by atoms with Crippen LogP contribution in [0.1, 0.15) is 5.56 Å². The second-order valence-electron chi connectivity index (χ2n) is 4.34. The molecule has 0 radical (unpaired) electrons. The molecule has 0 aliphatic carbocycles. The first-order valence-corrected chi connectivity index (χ1v) is 7.16. The van der Waals surface area contributed by atoms with Gasteiger partial charge in [-0.25, -0.2) is 0 Å². The molecule has 0 spiro atoms. The number of aryl methyl sites for hydroxylation is 1. The van der Waals surface area contributed by atoms with Gasteiger partial charge in [0.2, 0.25) is 0 Å². The normalized spacial score (nSPS) is 10.4. The molecule has 0 saturated heterocycles. The number of benzene rings is 1. The summed E-state index contributed by atoms with van der Waals surface area (Å²) in [7, 11) is 1.31. The van der Waals surface area contributed by atoms with Crippen molar-refractivity contribution >= 4 is 23.5 Å². The Bertz CT molecular complexity index is 728. The summed E-state index contributed by atoms with van der Waals surface area (Å²) in [5, 5.41) is 0.357. The molecule has 2 rings (SSSR count). The van der Waals surface area contributed by atoms with Gasteiger partial charge in [0.15, 0.2) is 5.16 Å². The van der Waals surface area contributed by atoms with Crippen molar-refractivity contribution in [1.29, 1.82) is 0 Å². The highest BCUT2D eigenvalue weighted by molar-refractivity contribution is 7.99. The average Bonchev–Trinajstić information content (AvgIpc) is 2.44. The van der Waals surface area contributed by atoms with Gasteiger partial charge >= 0.3 is 5.97 Å². The number of nitrogens with two attached hydrogens (primary N) is 1. The van der Waals surface area contributed by atoms with E-state index in [9.17, 15) is 9.59 Å². The van der Waals surface area contributed by atoms with Gasteiger partial charge in [-0.05, 0) is 24.6 Å². The maximum atomic E-state index is 11.5. The van der Waals surface area contributed by atoms with E-state index in [1.54, 1.807) is 4.57 Å². The highest BCUT2D eigenvalue weighted by Crippen LogP contribution is 2.22. The fraction of sp³-hybridized carbons (Fsp3) is 0.214. The molecule has 2 aromatic rings. The molecule has 7 heteroatoms. The first-order chi connectivity index (χ1) is 10.0. The summed E-state index contributed by atoms with van der Waals surface area (Å²) in [5.41, 5.74) is 7.33. The zero-order valence-corrected chi connectivity index (χ0v) is 12.5. The maximum absolute atomic E-state index is 11.5. The lowest BCUT2D eigenvalue weighted by molar-refractivity contribution is -0.137. The Hall–Kier alpha value is -2.28. The van der Waals surface area contributed by atoms with Crippen LogP contribution in [0.5, 0.6) is 0 Å². The van der Waals surface area contributed by atoms with Gasteiger partial charge in [0.1, 0.15) is 5.82 Å². The molecule has 0 fully saturated rings. The molecule has 1 aromatic carbocycles. The van der Waals surface area contributed by atoms with Crippen molar-refractivity contribution in [1.82, 2.24) is 9.55 Å². The van der Waals surface area contributed by atoms with Crippen molar-refractivity contribution < 1.29 is 9.53 Å². The Morgan fingerprint density at radius 1 is 1.43 bits per heavy atom. The first-order valence-electron chi connectivity index (χ1n) is 6.17. The molecule has 0 atom stereocenters. The fourth-order valence-electron chi connectivity index (χ4n) is 1.78. The topological polar surface area (TPSA) is 87.2 Å². The Balaban J connectivity index is 2.48. The number of esters is 1. The van der Waals surface area contributed by atoms with Crippen molar-refractivity contribution in [2.24, 2.45) is 0 Å². The van der Waals surface area contributed by atoms with Crippen molar-refractivity contribution in [2.45, 2.75) is 12.1 Å². The minimum atomic E-state index is -0.441. The molecule has 0 unspecified atom stereocenters. The van der Waals surface area contributed by atoms with Crippen LogP contribution in [-0.4, -0.2) is 28.4 Å². The summed E-state index contributed by atoms with van der Waals surface area (Å²) in [6.07, 6.45) is 0. The number of methoxy groups -OCH3 is 1. The molecule has 0 aliphatic rings. The Morgan fingerprint density at radius 2 is 2.19 bits per heavy atom. The van der Waals surface area contributed by atoms with Crippen molar-refractivity contribution in [2.75, 3.05) is 18.6 Å². The van der Waals surface area contributed by atoms with Crippen LogP contribution in [0, 0.1) is 6.92 Å². The molecule has 1 aromatic heterocycles. The van der Waals surface area contributed by atoms with Gasteiger partial charge in [0.25, 0.3) is 5.56 Å². The van der Waals surface area contributed by atoms with E-state index in [1.165, 1.54) is 13.2 Å². The number of carbonyl (C=O) groups excluding carboxylic acids is 1. The summed E-state index contributed by atoms with van der Waals surface area (Å²) in [6, 6.07) is 8.88. The Morgan fingerprint density at radius 3 is 2.86 bits per heavy atom. The molecule has 0 saturated carbocycles. The van der Waals surface area contributed by atoms with Crippen molar-refractivity contribution in [3.8, 4) is 5.69 Å². The zero-order valence-electron chi connectivity index (χ0n) is 11.7. The van der Waals surface area contributed by atoms with E-state index in [0.29, 0.717) is 5.16 Å². The molecule has 0 amide bonds. The van der Waals surface area contributed by atoms with E-state index in [1.807, 2.05) is 31.2 Å². The maximum Gasteiger partial charge on any atom is 0.316 e. The largest absolute Gasteiger partial charge is 0.468 e. The highest BCUT2D eigenvalue weighted by atomic mass is 32.2. The van der Waals surface area contributed by atoms with Gasteiger partial charge in [-0.2, -0.15) is 4.98 Å². The third kappa shape index (κ3) is 3.63. The van der Waals surface area contributed by atoms with Crippen LogP contribution in [-0.2, 0) is 9.53 Å². The minimum absolute atomic E-state index is 0.0538. The summed E-state index contributed by atoms with van der Waals surface area (Å²) in [5.74, 6) is -0.0708. The Kier molecular flexibility index (Phi) is 4.64. The second-order valence-corrected chi connectivity index (χ2v) is 5.28. The summed E-state index contributed by atoms with van der Waals surface area (Å²) < 4.78 is 6.23. The van der Waals surface area contributed by atoms with Gasteiger partial charge in [0, 0.05) is 11.8 Å². The van der Waals surface area contributed by atoms with Crippen LogP contribution in [0.3, 0.4) is 0 Å². The van der Waals surface area contributed by atoms with Crippen molar-refractivity contribution in [3.63, 3.8) is 0 Å². The molecule has 0 bridgehead atoms. The number of nitrogen functional groups attached to an aromatic ring is 1. The van der Waals surface area contributed by atoms with E-state index < -0.39 is 11.5 Å². The number of carbonyl (C=O) groups is 1. The zero-order chi connectivity index (χ0) is 15.4. The van der Waals surface area contributed by atoms with Gasteiger partial charge < -0.3 is 10.5 Å². The van der Waals surface area contributed by atoms with Crippen LogP contribution in [0.25, 0.3) is 5.69 Å². The van der Waals surface area contributed by atoms with Crippen LogP contribution in [0.4, 0.5) is 5.82 Å². The average molecular weight is 305 g/mol. The lowest BCUT2D eigenvalue weighted by Gasteiger charge is -2.14. The monoisotopic (exact) mass is 305 g/mol. The Labute approximate surface area is 125 Å². The number of hydrogen-bond acceptors (Lipinski definition) is 6. The first kappa shape index (κ1) is 15.1. The SMILES string of the molecule is COC(=O)CSc1nc(=O)cc(N)n1-c1cccc(C)c1. The molecule has 6 nitrogen and oxygen atoms in total. The summed E-state index contributed by atoms with van der Waals surface area (Å²) in [6.45, 7) is 1.96. The van der Waals surface area contributed by atoms with Gasteiger partial charge in [-0.1, -0.05) is 23.9 Å². The number of aromatic nitrogens is 2. The van der Waals surface area contributed by atoms with Crippen LogP contribution in [0.2, 0.25) is 0 Å². The van der Waals surface area contributed by atoms with Gasteiger partial charge in [0.05, 0.1) is 12.9 Å². The number of ether oxygens (including phenoxy) is 1. The van der Waals surface area contributed by atoms with Crippen LogP contribution >= 0.6 is 11.8 Å². The molecule has 2 N–H and O–H groups in total. The van der Waals surface area contributed by atoms with E-state index in [-0.39, 0.29) is 11.6 Å². The molecular formula is C14H15N3O3S. The van der Waals surface area contributed by atoms with E-state index in [4.69, 9.17) is 5.73 Å². The second kappa shape index (κ2) is 6.45. The molecule has 0 aliphatic heterocycles. The van der Waals surface area contributed by atoms with Gasteiger partial charge in [-0.3, -0.25) is 14.2 Å². The molecule has 1 heterocycles. The standard InChI is InChI=1S/C14H15N3O3S/c1-9-4-3-5-10(6-9)17-11(15)7-12(18)16-14(17)21-8-13(19)20-2/h3-7H,8,15H2,1-2H3. The minimum Gasteiger partial charge on any atom is -0.468 e. The van der Waals surface area contributed by atoms with E-state index in [0.717, 1.165) is 23.0 Å². The van der Waals surface area contributed by atoms with E-state index >= 15 is 0 Å². The number of nitrogens with zero attached hydrogens (tertiary/aromatic N) is 2. The molecule has 21 heavy (non-hydrogen) atoms. The van der Waals surface area contributed by atoms with Crippen LogP contribution in [0.15, 0.2) is 40.3 Å². The lowest BCUT2D eigenvalue weighted by Crippen LogP contribution is -2.17. The van der Waals surface area contributed by atoms with E-state index in [2.05, 4.69) is 9.72 Å². The predicted octanol–water partition coefficient (Wildman–Crippen LogP) is 1.39. The third-order valence-corrected chi connectivity index (χ3v) is 3.65. The number of anilines is 1. The predicted molar refractivity (Wildman–Crippen MR) is 81.7 cm³/mol. The molecular weight excluding hydrogens is 290 g/mol. The highest BCUT2D eigenvalue weighted by Gasteiger charge is 2.12. The third-order valence-electron chi connectivity index (χ3n) is 2.73. The summed E-state index contributed by atoms with van der Waals surface area (Å²) in [4.78, 5) is 26.7. The van der Waals surface area contributed by atoms with Crippen molar-refractivity contribution in [3.05, 3.63) is 46.2 Å². The quantitative estimate of drug-likeness (QED) is 0.522. The van der Waals surface area contributed by atoms with Gasteiger partial charge in [-0.15, -0.1) is 0 Å². The number of thioether (sulfide) groups is 1. The lowest BCUT2D eigenvalue weighted by atomic mass is 10.2. The smallest absolute Gasteiger partial charge is 0.316 e. The summed E-state index contributed by atoms with van der Waals surface area (Å²) >= 11 is 1.11. The van der Waals surface area contributed by atoms with Crippen LogP contribution < -0.4 is 11.3 Å². The fourth-order valence-corrected chi connectivity index (χ4v) is 2.64. The number of hydrogen-bond donors (Lipinski definition) is 1. The molecule has 110 valence electrons.